The van der Waals surface area contributed by atoms with Crippen LogP contribution in [0.4, 0.5) is 4.39 Å². The summed E-state index contributed by atoms with van der Waals surface area (Å²) in [4.78, 5) is 38.4. The molecule has 1 unspecified atom stereocenters. The highest BCUT2D eigenvalue weighted by Crippen LogP contribution is 2.27. The third kappa shape index (κ3) is 5.21. The van der Waals surface area contributed by atoms with E-state index >= 15 is 0 Å². The van der Waals surface area contributed by atoms with Gasteiger partial charge in [0.05, 0.1) is 16.0 Å². The number of nitrogens with one attached hydrogen (secondary N) is 1. The summed E-state index contributed by atoms with van der Waals surface area (Å²) in [6.07, 6.45) is -0.265. The summed E-state index contributed by atoms with van der Waals surface area (Å²) in [5.74, 6) is -1.91. The molecule has 0 saturated heterocycles. The monoisotopic (exact) mass is 527 g/mol. The van der Waals surface area contributed by atoms with E-state index in [1.807, 2.05) is 0 Å². The summed E-state index contributed by atoms with van der Waals surface area (Å²) >= 11 is 0. The van der Waals surface area contributed by atoms with Gasteiger partial charge < -0.3 is 4.74 Å². The highest BCUT2D eigenvalue weighted by Gasteiger charge is 2.38. The maximum absolute atomic E-state index is 13.2. The Morgan fingerprint density at radius 3 is 2.00 bits per heavy atom. The first-order chi connectivity index (χ1) is 17.6. The number of halogens is 1. The zero-order chi connectivity index (χ0) is 26.7. The number of carbonyl (C=O) groups excluding carboxylic acids is 3. The number of fused-ring (bicyclic) bond motifs is 1. The molecular formula is C25H22FN3O7S. The average molecular weight is 528 g/mol. The minimum atomic E-state index is -4.25. The Kier molecular flexibility index (Phi) is 7.34. The average Bonchev–Trinajstić information content (AvgIpc) is 3.15. The smallest absolute Gasteiger partial charge is 0.261 e. The zero-order valence-electron chi connectivity index (χ0n) is 19.5. The Bertz CT molecular complexity index is 1410. The van der Waals surface area contributed by atoms with E-state index in [9.17, 15) is 32.4 Å². The third-order valence-corrected chi connectivity index (χ3v) is 7.79. The summed E-state index contributed by atoms with van der Waals surface area (Å²) in [5, 5.41) is 9.21. The number of hydrogen-bond donors (Lipinski definition) is 2. The number of imide groups is 1. The summed E-state index contributed by atoms with van der Waals surface area (Å²) in [6.45, 7) is -0.255. The molecule has 1 aliphatic heterocycles. The van der Waals surface area contributed by atoms with Crippen LogP contribution in [0.25, 0.3) is 0 Å². The highest BCUT2D eigenvalue weighted by atomic mass is 32.2. The Morgan fingerprint density at radius 2 is 1.49 bits per heavy atom. The van der Waals surface area contributed by atoms with E-state index in [4.69, 9.17) is 4.74 Å². The second-order valence-corrected chi connectivity index (χ2v) is 10.1. The number of sulfonamides is 1. The van der Waals surface area contributed by atoms with Crippen LogP contribution < -0.4 is 10.2 Å². The van der Waals surface area contributed by atoms with Gasteiger partial charge in [0, 0.05) is 13.6 Å². The van der Waals surface area contributed by atoms with E-state index in [1.54, 1.807) is 12.1 Å². The molecule has 1 atom stereocenters. The van der Waals surface area contributed by atoms with Gasteiger partial charge in [-0.25, -0.2) is 18.3 Å². The number of ether oxygens (including phenoxy) is 1. The normalized spacial score (nSPS) is 14.0. The Labute approximate surface area is 211 Å². The summed E-state index contributed by atoms with van der Waals surface area (Å²) < 4.78 is 45.9. The summed E-state index contributed by atoms with van der Waals surface area (Å²) in [5.41, 5.74) is 1.89. The second-order valence-electron chi connectivity index (χ2n) is 8.14. The Hall–Kier alpha value is -4.13. The van der Waals surface area contributed by atoms with Crippen LogP contribution in [-0.4, -0.2) is 60.2 Å². The number of hydrogen-bond acceptors (Lipinski definition) is 7. The molecule has 0 spiro atoms. The molecule has 192 valence electrons. The standard InChI is InChI=1S/C25H22FN3O7S/c1-28(37(34,35)19-12-10-18(11-13-19)36-17-8-6-16(26)7-9-17)22(23(30)27-33)14-15-29-24(31)20-4-2-3-5-21(20)25(29)32/h2-13,22,33H,14-15H2,1H3,(H,27,30). The van der Waals surface area contributed by atoms with Gasteiger partial charge in [-0.15, -0.1) is 0 Å². The Balaban J connectivity index is 1.49. The van der Waals surface area contributed by atoms with Crippen LogP contribution in [0, 0.1) is 5.82 Å². The van der Waals surface area contributed by atoms with E-state index < -0.39 is 39.6 Å². The fourth-order valence-electron chi connectivity index (χ4n) is 3.90. The van der Waals surface area contributed by atoms with Crippen molar-refractivity contribution in [2.75, 3.05) is 13.6 Å². The first kappa shape index (κ1) is 25.9. The lowest BCUT2D eigenvalue weighted by atomic mass is 10.1. The predicted octanol–water partition coefficient (Wildman–Crippen LogP) is 2.80. The molecule has 0 radical (unpaired) electrons. The summed E-state index contributed by atoms with van der Waals surface area (Å²) in [7, 11) is -3.09. The molecule has 10 nitrogen and oxygen atoms in total. The van der Waals surface area contributed by atoms with E-state index in [0.717, 1.165) is 16.3 Å². The van der Waals surface area contributed by atoms with Crippen molar-refractivity contribution in [1.82, 2.24) is 14.7 Å². The van der Waals surface area contributed by atoms with Crippen LogP contribution in [0.3, 0.4) is 0 Å². The lowest BCUT2D eigenvalue weighted by molar-refractivity contribution is -0.133. The molecule has 2 N–H and O–H groups in total. The van der Waals surface area contributed by atoms with Crippen molar-refractivity contribution < 1.29 is 37.1 Å². The van der Waals surface area contributed by atoms with Gasteiger partial charge in [-0.3, -0.25) is 24.5 Å². The SMILES string of the molecule is CN(C(CCN1C(=O)c2ccccc2C1=O)C(=O)NO)S(=O)(=O)c1ccc(Oc2ccc(F)cc2)cc1. The number of rotatable bonds is 9. The third-order valence-electron chi connectivity index (χ3n) is 5.91. The van der Waals surface area contributed by atoms with E-state index in [2.05, 4.69) is 0 Å². The highest BCUT2D eigenvalue weighted by molar-refractivity contribution is 7.89. The first-order valence-electron chi connectivity index (χ1n) is 11.0. The minimum absolute atomic E-state index is 0.169. The molecule has 12 heteroatoms. The molecule has 0 saturated carbocycles. The topological polar surface area (TPSA) is 133 Å². The largest absolute Gasteiger partial charge is 0.457 e. The van der Waals surface area contributed by atoms with Crippen molar-refractivity contribution in [3.8, 4) is 11.5 Å². The van der Waals surface area contributed by atoms with Gasteiger partial charge in [0.15, 0.2) is 0 Å². The van der Waals surface area contributed by atoms with Crippen molar-refractivity contribution in [2.24, 2.45) is 0 Å². The molecule has 3 amide bonds. The van der Waals surface area contributed by atoms with Crippen LogP contribution in [0.1, 0.15) is 27.1 Å². The number of carbonyl (C=O) groups is 3. The van der Waals surface area contributed by atoms with Crippen molar-refractivity contribution in [2.45, 2.75) is 17.4 Å². The number of nitrogens with zero attached hydrogens (tertiary/aromatic N) is 2. The number of hydroxylamine groups is 1. The maximum Gasteiger partial charge on any atom is 0.261 e. The van der Waals surface area contributed by atoms with Crippen LogP contribution in [-0.2, 0) is 14.8 Å². The van der Waals surface area contributed by atoms with Gasteiger partial charge in [-0.1, -0.05) is 12.1 Å². The summed E-state index contributed by atoms with van der Waals surface area (Å²) in [6, 6.07) is 15.4. The lowest BCUT2D eigenvalue weighted by Crippen LogP contribution is -2.48. The molecule has 0 fully saturated rings. The van der Waals surface area contributed by atoms with Gasteiger partial charge in [-0.2, -0.15) is 4.31 Å². The van der Waals surface area contributed by atoms with Gasteiger partial charge in [0.1, 0.15) is 23.4 Å². The van der Waals surface area contributed by atoms with Gasteiger partial charge in [0.2, 0.25) is 10.0 Å². The van der Waals surface area contributed by atoms with Crippen LogP contribution in [0.5, 0.6) is 11.5 Å². The second kappa shape index (κ2) is 10.5. The molecule has 3 aromatic rings. The number of likely N-dealkylation sites (N-methyl/N-ethyl adjacent to an activating group) is 1. The van der Waals surface area contributed by atoms with Crippen molar-refractivity contribution in [3.05, 3.63) is 89.7 Å². The predicted molar refractivity (Wildman–Crippen MR) is 128 cm³/mol. The molecule has 0 bridgehead atoms. The first-order valence-corrected chi connectivity index (χ1v) is 12.5. The van der Waals surface area contributed by atoms with Gasteiger partial charge >= 0.3 is 0 Å². The quantitative estimate of drug-likeness (QED) is 0.248. The molecule has 4 rings (SSSR count). The van der Waals surface area contributed by atoms with Crippen molar-refractivity contribution >= 4 is 27.7 Å². The molecule has 0 aliphatic carbocycles. The fourth-order valence-corrected chi connectivity index (χ4v) is 5.25. The number of benzene rings is 3. The van der Waals surface area contributed by atoms with Crippen molar-refractivity contribution in [3.63, 3.8) is 0 Å². The molecular weight excluding hydrogens is 505 g/mol. The fraction of sp³-hybridized carbons (Fsp3) is 0.160. The van der Waals surface area contributed by atoms with Crippen LogP contribution in [0.2, 0.25) is 0 Å². The lowest BCUT2D eigenvalue weighted by Gasteiger charge is -2.27. The zero-order valence-corrected chi connectivity index (χ0v) is 20.3. The Morgan fingerprint density at radius 1 is 0.973 bits per heavy atom. The van der Waals surface area contributed by atoms with E-state index in [0.29, 0.717) is 11.5 Å². The molecule has 0 aromatic heterocycles. The van der Waals surface area contributed by atoms with E-state index in [-0.39, 0.29) is 29.0 Å². The molecule has 1 heterocycles. The van der Waals surface area contributed by atoms with Crippen LogP contribution in [0.15, 0.2) is 77.7 Å². The molecule has 3 aromatic carbocycles. The number of amides is 3. The van der Waals surface area contributed by atoms with Crippen LogP contribution >= 0.6 is 0 Å². The van der Waals surface area contributed by atoms with Gasteiger partial charge in [0.25, 0.3) is 17.7 Å². The minimum Gasteiger partial charge on any atom is -0.457 e. The van der Waals surface area contributed by atoms with Gasteiger partial charge in [-0.05, 0) is 67.1 Å². The molecule has 37 heavy (non-hydrogen) atoms. The van der Waals surface area contributed by atoms with E-state index in [1.165, 1.54) is 66.1 Å². The van der Waals surface area contributed by atoms with Crippen molar-refractivity contribution in [1.29, 1.82) is 0 Å². The molecule has 1 aliphatic rings. The maximum atomic E-state index is 13.2.